The van der Waals surface area contributed by atoms with Crippen molar-refractivity contribution in [3.05, 3.63) is 53.9 Å². The second-order valence-electron chi connectivity index (χ2n) is 9.82. The standard InChI is InChI=1S/C26H35FN2O3/c1-7-8-9-21-15-14-20(17-28-21)18-10-12-19(13-11-18)23-22(16-27)29(26(5,6)31-23)24(30)32-25(2,3)4/h10-15,17,22-23H,7-9,16H2,1-6H3/t22-,23-/m1/s1. The molecule has 1 aromatic heterocycles. The van der Waals surface area contributed by atoms with Crippen LogP contribution in [0.2, 0.25) is 0 Å². The predicted molar refractivity (Wildman–Crippen MR) is 124 cm³/mol. The Balaban J connectivity index is 1.79. The molecule has 1 saturated heterocycles. The summed E-state index contributed by atoms with van der Waals surface area (Å²) in [6, 6.07) is 11.2. The Labute approximate surface area is 190 Å². The normalized spacial score (nSPS) is 20.4. The maximum Gasteiger partial charge on any atom is 0.413 e. The van der Waals surface area contributed by atoms with Crippen molar-refractivity contribution in [2.45, 2.75) is 84.3 Å². The summed E-state index contributed by atoms with van der Waals surface area (Å²) in [6.45, 7) is 10.4. The van der Waals surface area contributed by atoms with Crippen molar-refractivity contribution >= 4 is 6.09 Å². The molecule has 6 heteroatoms. The summed E-state index contributed by atoms with van der Waals surface area (Å²) < 4.78 is 25.8. The van der Waals surface area contributed by atoms with Crippen molar-refractivity contribution in [3.8, 4) is 11.1 Å². The van der Waals surface area contributed by atoms with Crippen molar-refractivity contribution in [2.24, 2.45) is 0 Å². The number of nitrogens with zero attached hydrogens (tertiary/aromatic N) is 2. The van der Waals surface area contributed by atoms with Gasteiger partial charge in [-0.1, -0.05) is 43.7 Å². The van der Waals surface area contributed by atoms with E-state index in [0.717, 1.165) is 41.6 Å². The summed E-state index contributed by atoms with van der Waals surface area (Å²) in [5.74, 6) is 0. The highest BCUT2D eigenvalue weighted by molar-refractivity contribution is 5.70. The Morgan fingerprint density at radius 1 is 1.16 bits per heavy atom. The van der Waals surface area contributed by atoms with Crippen molar-refractivity contribution in [2.75, 3.05) is 6.67 Å². The predicted octanol–water partition coefficient (Wildman–Crippen LogP) is 6.47. The fourth-order valence-electron chi connectivity index (χ4n) is 4.05. The van der Waals surface area contributed by atoms with E-state index in [2.05, 4.69) is 24.0 Å². The molecule has 5 nitrogen and oxygen atoms in total. The van der Waals surface area contributed by atoms with Gasteiger partial charge in [0, 0.05) is 17.5 Å². The van der Waals surface area contributed by atoms with Crippen molar-refractivity contribution < 1.29 is 18.7 Å². The summed E-state index contributed by atoms with van der Waals surface area (Å²) in [7, 11) is 0. The quantitative estimate of drug-likeness (QED) is 0.514. The SMILES string of the molecule is CCCCc1ccc(-c2ccc([C@H]3OC(C)(C)N(C(=O)OC(C)(C)C)[C@@H]3CF)cc2)cn1. The van der Waals surface area contributed by atoms with E-state index in [9.17, 15) is 9.18 Å². The van der Waals surface area contributed by atoms with Crippen LogP contribution in [0.1, 0.15) is 71.7 Å². The fourth-order valence-corrected chi connectivity index (χ4v) is 4.05. The number of hydrogen-bond donors (Lipinski definition) is 0. The summed E-state index contributed by atoms with van der Waals surface area (Å²) in [5, 5.41) is 0. The molecule has 2 atom stereocenters. The second-order valence-corrected chi connectivity index (χ2v) is 9.82. The third kappa shape index (κ3) is 5.47. The number of benzene rings is 1. The monoisotopic (exact) mass is 442 g/mol. The number of carbonyl (C=O) groups excluding carboxylic acids is 1. The topological polar surface area (TPSA) is 51.7 Å². The molecule has 0 radical (unpaired) electrons. The number of unbranched alkanes of at least 4 members (excludes halogenated alkanes) is 1. The number of halogens is 1. The first-order valence-corrected chi connectivity index (χ1v) is 11.4. The van der Waals surface area contributed by atoms with Gasteiger partial charge >= 0.3 is 6.09 Å². The molecule has 1 aliphatic heterocycles. The zero-order chi connectivity index (χ0) is 23.5. The summed E-state index contributed by atoms with van der Waals surface area (Å²) in [4.78, 5) is 18.8. The van der Waals surface area contributed by atoms with Gasteiger partial charge in [-0.15, -0.1) is 0 Å². The number of aromatic nitrogens is 1. The molecule has 174 valence electrons. The smallest absolute Gasteiger partial charge is 0.413 e. The molecule has 1 aromatic carbocycles. The van der Waals surface area contributed by atoms with Crippen LogP contribution in [0.15, 0.2) is 42.6 Å². The Kier molecular flexibility index (Phi) is 7.23. The summed E-state index contributed by atoms with van der Waals surface area (Å²) >= 11 is 0. The number of pyridine rings is 1. The Morgan fingerprint density at radius 2 is 1.81 bits per heavy atom. The highest BCUT2D eigenvalue weighted by Gasteiger charge is 2.51. The maximum atomic E-state index is 14.2. The van der Waals surface area contributed by atoms with Gasteiger partial charge in [-0.25, -0.2) is 9.18 Å². The van der Waals surface area contributed by atoms with Crippen LogP contribution in [-0.4, -0.2) is 40.0 Å². The largest absolute Gasteiger partial charge is 0.444 e. The Hall–Kier alpha value is -2.47. The molecule has 2 aromatic rings. The number of amides is 1. The minimum absolute atomic E-state index is 0.571. The van der Waals surface area contributed by atoms with Gasteiger partial charge in [-0.3, -0.25) is 9.88 Å². The van der Waals surface area contributed by atoms with Crippen LogP contribution in [0.5, 0.6) is 0 Å². The lowest BCUT2D eigenvalue weighted by atomic mass is 9.99. The van der Waals surface area contributed by atoms with Crippen LogP contribution >= 0.6 is 0 Å². The van der Waals surface area contributed by atoms with E-state index < -0.39 is 36.2 Å². The van der Waals surface area contributed by atoms with Crippen LogP contribution in [0.3, 0.4) is 0 Å². The second kappa shape index (κ2) is 9.57. The first-order valence-electron chi connectivity index (χ1n) is 11.4. The van der Waals surface area contributed by atoms with E-state index in [0.29, 0.717) is 0 Å². The number of hydrogen-bond acceptors (Lipinski definition) is 4. The van der Waals surface area contributed by atoms with E-state index in [1.54, 1.807) is 34.6 Å². The molecule has 0 bridgehead atoms. The number of carbonyl (C=O) groups is 1. The molecule has 1 aliphatic rings. The number of ether oxygens (including phenoxy) is 2. The third-order valence-corrected chi connectivity index (χ3v) is 5.61. The zero-order valence-corrected chi connectivity index (χ0v) is 20.0. The van der Waals surface area contributed by atoms with Gasteiger partial charge in [0.1, 0.15) is 24.1 Å². The molecule has 0 spiro atoms. The molecule has 1 amide bonds. The van der Waals surface area contributed by atoms with E-state index in [1.807, 2.05) is 30.5 Å². The zero-order valence-electron chi connectivity index (χ0n) is 20.0. The highest BCUT2D eigenvalue weighted by Crippen LogP contribution is 2.42. The van der Waals surface area contributed by atoms with E-state index >= 15 is 0 Å². The van der Waals surface area contributed by atoms with Gasteiger partial charge in [0.25, 0.3) is 0 Å². The average Bonchev–Trinajstić information content (AvgIpc) is 3.02. The van der Waals surface area contributed by atoms with Gasteiger partial charge in [0.05, 0.1) is 6.04 Å². The van der Waals surface area contributed by atoms with Crippen molar-refractivity contribution in [1.82, 2.24) is 9.88 Å². The molecule has 32 heavy (non-hydrogen) atoms. The lowest BCUT2D eigenvalue weighted by molar-refractivity contribution is -0.0797. The first kappa shape index (κ1) is 24.2. The molecule has 0 saturated carbocycles. The summed E-state index contributed by atoms with van der Waals surface area (Å²) in [6.07, 6.45) is 4.02. The molecular weight excluding hydrogens is 407 g/mol. The minimum atomic E-state index is -0.985. The van der Waals surface area contributed by atoms with Crippen LogP contribution in [-0.2, 0) is 15.9 Å². The first-order chi connectivity index (χ1) is 15.1. The van der Waals surface area contributed by atoms with Crippen LogP contribution in [0.25, 0.3) is 11.1 Å². The molecule has 2 heterocycles. The van der Waals surface area contributed by atoms with Crippen LogP contribution in [0.4, 0.5) is 9.18 Å². The number of aryl methyl sites for hydroxylation is 1. The van der Waals surface area contributed by atoms with E-state index in [-0.39, 0.29) is 0 Å². The molecular formula is C26H35FN2O3. The Morgan fingerprint density at radius 3 is 2.34 bits per heavy atom. The van der Waals surface area contributed by atoms with Gasteiger partial charge in [-0.2, -0.15) is 0 Å². The van der Waals surface area contributed by atoms with E-state index in [1.165, 1.54) is 4.90 Å². The van der Waals surface area contributed by atoms with Gasteiger partial charge in [0.15, 0.2) is 0 Å². The van der Waals surface area contributed by atoms with Crippen LogP contribution < -0.4 is 0 Å². The van der Waals surface area contributed by atoms with Crippen LogP contribution in [0, 0.1) is 0 Å². The molecule has 0 N–H and O–H groups in total. The molecule has 0 unspecified atom stereocenters. The van der Waals surface area contributed by atoms with Gasteiger partial charge in [0.2, 0.25) is 0 Å². The minimum Gasteiger partial charge on any atom is -0.444 e. The van der Waals surface area contributed by atoms with E-state index in [4.69, 9.17) is 9.47 Å². The van der Waals surface area contributed by atoms with Gasteiger partial charge < -0.3 is 9.47 Å². The lowest BCUT2D eigenvalue weighted by Gasteiger charge is -2.34. The third-order valence-electron chi connectivity index (χ3n) is 5.61. The van der Waals surface area contributed by atoms with Gasteiger partial charge in [-0.05, 0) is 64.7 Å². The highest BCUT2D eigenvalue weighted by atomic mass is 19.1. The average molecular weight is 443 g/mol. The number of alkyl halides is 1. The fraction of sp³-hybridized carbons (Fsp3) is 0.538. The maximum absolute atomic E-state index is 14.2. The summed E-state index contributed by atoms with van der Waals surface area (Å²) in [5.41, 5.74) is 2.32. The molecule has 3 rings (SSSR count). The molecule has 0 aliphatic carbocycles. The Bertz CT molecular complexity index is 904. The number of rotatable bonds is 6. The van der Waals surface area contributed by atoms with Crippen molar-refractivity contribution in [3.63, 3.8) is 0 Å². The van der Waals surface area contributed by atoms with Crippen molar-refractivity contribution in [1.29, 1.82) is 0 Å². The lowest BCUT2D eigenvalue weighted by Crippen LogP contribution is -2.50. The molecule has 1 fully saturated rings.